The molecule has 0 radical (unpaired) electrons. The zero-order valence-corrected chi connectivity index (χ0v) is 11.1. The number of nitrogens with zero attached hydrogens (tertiary/aromatic N) is 2. The number of benzene rings is 1. The van der Waals surface area contributed by atoms with E-state index < -0.39 is 0 Å². The van der Waals surface area contributed by atoms with Crippen molar-refractivity contribution in [2.75, 3.05) is 17.7 Å². The summed E-state index contributed by atoms with van der Waals surface area (Å²) in [5, 5.41) is 6.18. The van der Waals surface area contributed by atoms with Crippen LogP contribution in [0.5, 0.6) is 0 Å². The van der Waals surface area contributed by atoms with Gasteiger partial charge in [0.25, 0.3) is 0 Å². The van der Waals surface area contributed by atoms with Crippen LogP contribution in [0.25, 0.3) is 0 Å². The van der Waals surface area contributed by atoms with Gasteiger partial charge < -0.3 is 10.6 Å². The quantitative estimate of drug-likeness (QED) is 0.868. The summed E-state index contributed by atoms with van der Waals surface area (Å²) < 4.78 is 13.1. The number of hydrogen-bond acceptors (Lipinski definition) is 4. The van der Waals surface area contributed by atoms with E-state index in [1.54, 1.807) is 6.07 Å². The van der Waals surface area contributed by atoms with Crippen LogP contribution in [0.1, 0.15) is 18.3 Å². The van der Waals surface area contributed by atoms with Crippen molar-refractivity contribution in [3.63, 3.8) is 0 Å². The molecule has 0 aliphatic carbocycles. The summed E-state index contributed by atoms with van der Waals surface area (Å²) in [6.07, 6.45) is 0.768. The van der Waals surface area contributed by atoms with Crippen LogP contribution in [0.3, 0.4) is 0 Å². The van der Waals surface area contributed by atoms with Crippen molar-refractivity contribution in [3.05, 3.63) is 47.5 Å². The lowest BCUT2D eigenvalue weighted by molar-refractivity contribution is 0.626. The van der Waals surface area contributed by atoms with Crippen LogP contribution >= 0.6 is 0 Å². The summed E-state index contributed by atoms with van der Waals surface area (Å²) in [7, 11) is 1.82. The Morgan fingerprint density at radius 3 is 2.63 bits per heavy atom. The van der Waals surface area contributed by atoms with Crippen molar-refractivity contribution < 1.29 is 4.39 Å². The first kappa shape index (κ1) is 13.3. The summed E-state index contributed by atoms with van der Waals surface area (Å²) in [5.41, 5.74) is 0.877. The topological polar surface area (TPSA) is 49.8 Å². The Bertz CT molecular complexity index is 535. The molecule has 0 fully saturated rings. The van der Waals surface area contributed by atoms with Crippen LogP contribution in [0.2, 0.25) is 0 Å². The maximum atomic E-state index is 13.1. The average Bonchev–Trinajstić information content (AvgIpc) is 2.44. The van der Waals surface area contributed by atoms with E-state index in [9.17, 15) is 4.39 Å². The Labute approximate surface area is 112 Å². The summed E-state index contributed by atoms with van der Waals surface area (Å²) >= 11 is 0. The molecule has 2 rings (SSSR count). The van der Waals surface area contributed by atoms with E-state index in [-0.39, 0.29) is 5.82 Å². The van der Waals surface area contributed by atoms with E-state index in [4.69, 9.17) is 0 Å². The minimum Gasteiger partial charge on any atom is -0.373 e. The molecule has 0 aliphatic rings. The van der Waals surface area contributed by atoms with Crippen LogP contribution in [0.15, 0.2) is 30.3 Å². The molecule has 0 saturated carbocycles. The summed E-state index contributed by atoms with van der Waals surface area (Å²) in [4.78, 5) is 8.70. The number of nitrogens with one attached hydrogen (secondary N) is 2. The first-order chi connectivity index (χ1) is 9.21. The molecule has 2 N–H and O–H groups in total. The number of anilines is 2. The summed E-state index contributed by atoms with van der Waals surface area (Å²) in [5.74, 6) is 2.05. The molecule has 4 nitrogen and oxygen atoms in total. The fourth-order valence-corrected chi connectivity index (χ4v) is 1.71. The highest BCUT2D eigenvalue weighted by Crippen LogP contribution is 2.13. The highest BCUT2D eigenvalue weighted by atomic mass is 19.1. The van der Waals surface area contributed by atoms with Crippen LogP contribution in [0, 0.1) is 5.82 Å². The number of rotatable bonds is 5. The number of hydrogen-bond donors (Lipinski definition) is 2. The molecule has 0 amide bonds. The highest BCUT2D eigenvalue weighted by molar-refractivity contribution is 5.47. The zero-order chi connectivity index (χ0) is 13.7. The van der Waals surface area contributed by atoms with Gasteiger partial charge in [-0.05, 0) is 17.7 Å². The van der Waals surface area contributed by atoms with E-state index in [1.807, 2.05) is 26.1 Å². The SMILES string of the molecule is CCc1nc(NC)cc(NCc2cccc(F)c2)n1. The predicted octanol–water partition coefficient (Wildman–Crippen LogP) is 2.83. The van der Waals surface area contributed by atoms with Gasteiger partial charge in [0, 0.05) is 26.1 Å². The lowest BCUT2D eigenvalue weighted by Gasteiger charge is -2.09. The van der Waals surface area contributed by atoms with Crippen LogP contribution in [0.4, 0.5) is 16.0 Å². The second-order valence-electron chi connectivity index (χ2n) is 4.14. The second-order valence-corrected chi connectivity index (χ2v) is 4.14. The lowest BCUT2D eigenvalue weighted by atomic mass is 10.2. The third-order valence-corrected chi connectivity index (χ3v) is 2.71. The molecule has 1 heterocycles. The smallest absolute Gasteiger partial charge is 0.132 e. The third-order valence-electron chi connectivity index (χ3n) is 2.71. The van der Waals surface area contributed by atoms with Crippen molar-refractivity contribution >= 4 is 11.6 Å². The molecule has 19 heavy (non-hydrogen) atoms. The summed E-state index contributed by atoms with van der Waals surface area (Å²) in [6.45, 7) is 2.53. The monoisotopic (exact) mass is 260 g/mol. The fourth-order valence-electron chi connectivity index (χ4n) is 1.71. The molecular weight excluding hydrogens is 243 g/mol. The lowest BCUT2D eigenvalue weighted by Crippen LogP contribution is -2.06. The first-order valence-electron chi connectivity index (χ1n) is 6.25. The molecule has 5 heteroatoms. The van der Waals surface area contributed by atoms with Crippen LogP contribution < -0.4 is 10.6 Å². The van der Waals surface area contributed by atoms with Crippen molar-refractivity contribution in [3.8, 4) is 0 Å². The Hall–Kier alpha value is -2.17. The molecule has 0 unspecified atom stereocenters. The Balaban J connectivity index is 2.10. The number of aromatic nitrogens is 2. The van der Waals surface area contributed by atoms with Gasteiger partial charge in [-0.1, -0.05) is 19.1 Å². The maximum Gasteiger partial charge on any atom is 0.132 e. The molecule has 0 atom stereocenters. The van der Waals surface area contributed by atoms with E-state index in [0.717, 1.165) is 29.4 Å². The fraction of sp³-hybridized carbons (Fsp3) is 0.286. The van der Waals surface area contributed by atoms with E-state index in [0.29, 0.717) is 6.54 Å². The molecule has 2 aromatic rings. The van der Waals surface area contributed by atoms with Crippen molar-refractivity contribution in [1.82, 2.24) is 9.97 Å². The standard InChI is InChI=1S/C14H17FN4/c1-3-12-18-13(16-2)8-14(19-12)17-9-10-5-4-6-11(15)7-10/h4-8H,3,9H2,1-2H3,(H2,16,17,18,19). The molecule has 1 aromatic carbocycles. The number of halogens is 1. The van der Waals surface area contributed by atoms with Crippen LogP contribution in [-0.2, 0) is 13.0 Å². The Kier molecular flexibility index (Phi) is 4.28. The highest BCUT2D eigenvalue weighted by Gasteiger charge is 2.02. The molecule has 100 valence electrons. The maximum absolute atomic E-state index is 13.1. The Morgan fingerprint density at radius 1 is 1.16 bits per heavy atom. The van der Waals surface area contributed by atoms with Gasteiger partial charge in [-0.25, -0.2) is 14.4 Å². The molecule has 0 spiro atoms. The van der Waals surface area contributed by atoms with Crippen molar-refractivity contribution in [2.24, 2.45) is 0 Å². The number of aryl methyl sites for hydroxylation is 1. The van der Waals surface area contributed by atoms with E-state index in [2.05, 4.69) is 20.6 Å². The van der Waals surface area contributed by atoms with Crippen molar-refractivity contribution in [1.29, 1.82) is 0 Å². The first-order valence-corrected chi connectivity index (χ1v) is 6.25. The average molecular weight is 260 g/mol. The minimum atomic E-state index is -0.229. The third kappa shape index (κ3) is 3.64. The summed E-state index contributed by atoms with van der Waals surface area (Å²) in [6, 6.07) is 8.34. The zero-order valence-electron chi connectivity index (χ0n) is 11.1. The van der Waals surface area contributed by atoms with Gasteiger partial charge in [-0.2, -0.15) is 0 Å². The largest absolute Gasteiger partial charge is 0.373 e. The van der Waals surface area contributed by atoms with E-state index in [1.165, 1.54) is 12.1 Å². The van der Waals surface area contributed by atoms with Gasteiger partial charge in [0.1, 0.15) is 23.3 Å². The van der Waals surface area contributed by atoms with Gasteiger partial charge in [-0.3, -0.25) is 0 Å². The van der Waals surface area contributed by atoms with E-state index >= 15 is 0 Å². The molecule has 1 aromatic heterocycles. The molecular formula is C14H17FN4. The van der Waals surface area contributed by atoms with Gasteiger partial charge in [-0.15, -0.1) is 0 Å². The molecule has 0 bridgehead atoms. The van der Waals surface area contributed by atoms with Gasteiger partial charge in [0.05, 0.1) is 0 Å². The van der Waals surface area contributed by atoms with Crippen LogP contribution in [-0.4, -0.2) is 17.0 Å². The van der Waals surface area contributed by atoms with Gasteiger partial charge >= 0.3 is 0 Å². The predicted molar refractivity (Wildman–Crippen MR) is 74.7 cm³/mol. The van der Waals surface area contributed by atoms with Crippen molar-refractivity contribution in [2.45, 2.75) is 19.9 Å². The molecule has 0 aliphatic heterocycles. The van der Waals surface area contributed by atoms with Gasteiger partial charge in [0.15, 0.2) is 0 Å². The normalized spacial score (nSPS) is 10.3. The van der Waals surface area contributed by atoms with Gasteiger partial charge in [0.2, 0.25) is 0 Å². The second kappa shape index (κ2) is 6.13. The Morgan fingerprint density at radius 2 is 1.95 bits per heavy atom. The molecule has 0 saturated heterocycles. The minimum absolute atomic E-state index is 0.229.